The molecule has 0 aliphatic rings. The third kappa shape index (κ3) is 5.73. The lowest BCUT2D eigenvalue weighted by atomic mass is 9.94. The summed E-state index contributed by atoms with van der Waals surface area (Å²) in [5, 5.41) is 3.32. The number of furan rings is 1. The van der Waals surface area contributed by atoms with Crippen LogP contribution in [0.5, 0.6) is 0 Å². The van der Waals surface area contributed by atoms with E-state index in [0.29, 0.717) is 5.82 Å². The molecular formula is C49H31N3O. The standard InChI is InChI=1S/C49H31N3O/c1-3-12-34(13-4-1)41-29-39(30-42-40-19-8-10-21-47(40)53-48(41)42)33-24-22-32(23-25-33)37-17-11-18-38(28-37)46-31-45(35-14-5-2-6-15-35)51-49(52-46)44-27-26-36-16-7-9-20-43(36)50-44/h1-31H. The minimum atomic E-state index is 0.596. The summed E-state index contributed by atoms with van der Waals surface area (Å²) >= 11 is 0. The van der Waals surface area contributed by atoms with Gasteiger partial charge in [-0.05, 0) is 70.3 Å². The number of hydrogen-bond acceptors (Lipinski definition) is 4. The van der Waals surface area contributed by atoms with E-state index in [1.54, 1.807) is 0 Å². The lowest BCUT2D eigenvalue weighted by molar-refractivity contribution is 0.670. The van der Waals surface area contributed by atoms with Gasteiger partial charge in [-0.15, -0.1) is 0 Å². The average Bonchev–Trinajstić information content (AvgIpc) is 3.62. The summed E-state index contributed by atoms with van der Waals surface area (Å²) in [6.45, 7) is 0. The van der Waals surface area contributed by atoms with E-state index in [9.17, 15) is 0 Å². The molecule has 4 heteroatoms. The molecule has 10 rings (SSSR count). The maximum absolute atomic E-state index is 6.42. The molecule has 0 fully saturated rings. The molecular weight excluding hydrogens is 647 g/mol. The maximum atomic E-state index is 6.42. The van der Waals surface area contributed by atoms with Gasteiger partial charge in [0.15, 0.2) is 5.82 Å². The van der Waals surface area contributed by atoms with E-state index in [4.69, 9.17) is 19.4 Å². The van der Waals surface area contributed by atoms with E-state index < -0.39 is 0 Å². The van der Waals surface area contributed by atoms with Crippen molar-refractivity contribution in [1.29, 1.82) is 0 Å². The molecule has 7 aromatic carbocycles. The number of benzene rings is 7. The Hall–Kier alpha value is -7.17. The van der Waals surface area contributed by atoms with Gasteiger partial charge >= 0.3 is 0 Å². The molecule has 4 nitrogen and oxygen atoms in total. The number of para-hydroxylation sites is 2. The molecule has 0 atom stereocenters. The fourth-order valence-electron chi connectivity index (χ4n) is 7.20. The monoisotopic (exact) mass is 677 g/mol. The third-order valence-electron chi connectivity index (χ3n) is 9.90. The van der Waals surface area contributed by atoms with E-state index in [2.05, 4.69) is 127 Å². The molecule has 248 valence electrons. The second-order valence-electron chi connectivity index (χ2n) is 13.2. The molecule has 0 amide bonds. The number of fused-ring (bicyclic) bond motifs is 4. The first-order valence-electron chi connectivity index (χ1n) is 17.8. The predicted octanol–water partition coefficient (Wildman–Crippen LogP) is 12.9. The summed E-state index contributed by atoms with van der Waals surface area (Å²) in [6.07, 6.45) is 0. The largest absolute Gasteiger partial charge is 0.455 e. The third-order valence-corrected chi connectivity index (χ3v) is 9.90. The minimum Gasteiger partial charge on any atom is -0.455 e. The van der Waals surface area contributed by atoms with E-state index >= 15 is 0 Å². The van der Waals surface area contributed by atoms with Gasteiger partial charge in [-0.3, -0.25) is 0 Å². The van der Waals surface area contributed by atoms with Crippen LogP contribution in [0.15, 0.2) is 192 Å². The van der Waals surface area contributed by atoms with E-state index in [0.717, 1.165) is 94.4 Å². The maximum Gasteiger partial charge on any atom is 0.179 e. The molecule has 0 saturated carbocycles. The van der Waals surface area contributed by atoms with Gasteiger partial charge in [0.1, 0.15) is 16.9 Å². The first kappa shape index (κ1) is 30.6. The van der Waals surface area contributed by atoms with Gasteiger partial charge in [0.25, 0.3) is 0 Å². The van der Waals surface area contributed by atoms with E-state index in [-0.39, 0.29) is 0 Å². The van der Waals surface area contributed by atoms with Gasteiger partial charge in [-0.2, -0.15) is 0 Å². The Morgan fingerprint density at radius 2 is 0.981 bits per heavy atom. The average molecular weight is 678 g/mol. The molecule has 0 radical (unpaired) electrons. The molecule has 0 saturated heterocycles. The smallest absolute Gasteiger partial charge is 0.179 e. The highest BCUT2D eigenvalue weighted by molar-refractivity contribution is 6.11. The Bertz CT molecular complexity index is 2930. The Kier molecular flexibility index (Phi) is 7.43. The van der Waals surface area contributed by atoms with Crippen LogP contribution < -0.4 is 0 Å². The van der Waals surface area contributed by atoms with Gasteiger partial charge in [0, 0.05) is 32.8 Å². The van der Waals surface area contributed by atoms with Crippen molar-refractivity contribution < 1.29 is 4.42 Å². The number of aromatic nitrogens is 3. The van der Waals surface area contributed by atoms with Crippen molar-refractivity contribution in [2.24, 2.45) is 0 Å². The minimum absolute atomic E-state index is 0.596. The van der Waals surface area contributed by atoms with Crippen molar-refractivity contribution in [2.75, 3.05) is 0 Å². The van der Waals surface area contributed by atoms with Crippen molar-refractivity contribution in [2.45, 2.75) is 0 Å². The van der Waals surface area contributed by atoms with Crippen LogP contribution in [0, 0.1) is 0 Å². The van der Waals surface area contributed by atoms with Gasteiger partial charge < -0.3 is 4.42 Å². The highest BCUT2D eigenvalue weighted by Crippen LogP contribution is 2.40. The van der Waals surface area contributed by atoms with Crippen LogP contribution in [0.2, 0.25) is 0 Å². The van der Waals surface area contributed by atoms with Gasteiger partial charge in [-0.25, -0.2) is 15.0 Å². The van der Waals surface area contributed by atoms with Crippen LogP contribution in [0.25, 0.3) is 100 Å². The Morgan fingerprint density at radius 1 is 0.340 bits per heavy atom. The van der Waals surface area contributed by atoms with Gasteiger partial charge in [0.05, 0.1) is 16.9 Å². The fraction of sp³-hybridized carbons (Fsp3) is 0. The highest BCUT2D eigenvalue weighted by Gasteiger charge is 2.16. The first-order valence-corrected chi connectivity index (χ1v) is 17.8. The number of pyridine rings is 1. The lowest BCUT2D eigenvalue weighted by Crippen LogP contribution is -1.97. The van der Waals surface area contributed by atoms with Crippen LogP contribution in [0.4, 0.5) is 0 Å². The van der Waals surface area contributed by atoms with Crippen molar-refractivity contribution in [1.82, 2.24) is 15.0 Å². The topological polar surface area (TPSA) is 51.8 Å². The fourth-order valence-corrected chi connectivity index (χ4v) is 7.20. The summed E-state index contributed by atoms with van der Waals surface area (Å²) in [6, 6.07) is 65.2. The van der Waals surface area contributed by atoms with Crippen LogP contribution in [-0.2, 0) is 0 Å². The van der Waals surface area contributed by atoms with Crippen LogP contribution in [0.1, 0.15) is 0 Å². The Labute approximate surface area is 306 Å². The van der Waals surface area contributed by atoms with Crippen molar-refractivity contribution >= 4 is 32.8 Å². The second-order valence-corrected chi connectivity index (χ2v) is 13.2. The molecule has 0 unspecified atom stereocenters. The zero-order valence-corrected chi connectivity index (χ0v) is 28.6. The lowest BCUT2D eigenvalue weighted by Gasteiger charge is -2.11. The molecule has 10 aromatic rings. The predicted molar refractivity (Wildman–Crippen MR) is 217 cm³/mol. The van der Waals surface area contributed by atoms with Crippen LogP contribution in [0.3, 0.4) is 0 Å². The Morgan fingerprint density at radius 3 is 1.79 bits per heavy atom. The molecule has 0 N–H and O–H groups in total. The number of hydrogen-bond donors (Lipinski definition) is 0. The molecule has 3 heterocycles. The molecule has 0 aliphatic carbocycles. The van der Waals surface area contributed by atoms with Crippen molar-refractivity contribution in [3.8, 4) is 67.4 Å². The molecule has 3 aromatic heterocycles. The van der Waals surface area contributed by atoms with Crippen LogP contribution >= 0.6 is 0 Å². The number of nitrogens with zero attached hydrogens (tertiary/aromatic N) is 3. The highest BCUT2D eigenvalue weighted by atomic mass is 16.3. The molecule has 0 aliphatic heterocycles. The van der Waals surface area contributed by atoms with E-state index in [1.165, 1.54) is 0 Å². The molecule has 53 heavy (non-hydrogen) atoms. The molecule has 0 spiro atoms. The SMILES string of the molecule is c1ccc(-c2cc(-c3cccc(-c4ccc(-c5cc(-c6ccccc6)c6oc7ccccc7c6c5)cc4)c3)nc(-c3ccc4ccccc4n3)n2)cc1. The Balaban J connectivity index is 1.04. The van der Waals surface area contributed by atoms with Gasteiger partial charge in [0.2, 0.25) is 0 Å². The van der Waals surface area contributed by atoms with Crippen LogP contribution in [-0.4, -0.2) is 15.0 Å². The zero-order valence-electron chi connectivity index (χ0n) is 28.6. The summed E-state index contributed by atoms with van der Waals surface area (Å²) in [5.74, 6) is 0.596. The summed E-state index contributed by atoms with van der Waals surface area (Å²) in [7, 11) is 0. The number of rotatable bonds is 6. The quantitative estimate of drug-likeness (QED) is 0.176. The van der Waals surface area contributed by atoms with E-state index in [1.807, 2.05) is 60.7 Å². The summed E-state index contributed by atoms with van der Waals surface area (Å²) < 4.78 is 6.42. The van der Waals surface area contributed by atoms with Crippen molar-refractivity contribution in [3.63, 3.8) is 0 Å². The normalized spacial score (nSPS) is 11.4. The van der Waals surface area contributed by atoms with Crippen molar-refractivity contribution in [3.05, 3.63) is 188 Å². The van der Waals surface area contributed by atoms with Gasteiger partial charge in [-0.1, -0.05) is 146 Å². The summed E-state index contributed by atoms with van der Waals surface area (Å²) in [4.78, 5) is 15.0. The first-order chi connectivity index (χ1) is 26.2. The summed E-state index contributed by atoms with van der Waals surface area (Å²) in [5.41, 5.74) is 14.0. The zero-order chi connectivity index (χ0) is 35.1. The second kappa shape index (κ2) is 12.9. The molecule has 0 bridgehead atoms.